The maximum Gasteiger partial charge on any atom is 0.356 e. The van der Waals surface area contributed by atoms with Crippen LogP contribution in [0.15, 0.2) is 30.5 Å². The van der Waals surface area contributed by atoms with Crippen molar-refractivity contribution in [2.75, 3.05) is 13.1 Å². The van der Waals surface area contributed by atoms with E-state index in [1.54, 1.807) is 10.9 Å². The average molecular weight is 379 g/mol. The number of piperidine rings is 1. The van der Waals surface area contributed by atoms with Gasteiger partial charge in [-0.05, 0) is 25.0 Å². The maximum absolute atomic E-state index is 12.7. The third-order valence-electron chi connectivity index (χ3n) is 4.36. The molecule has 0 spiro atoms. The molecule has 1 N–H and O–H groups in total. The average Bonchev–Trinajstić information content (AvgIpc) is 3.11. The molecule has 2 heterocycles. The zero-order valence-electron chi connectivity index (χ0n) is 13.5. The molecule has 1 aromatic heterocycles. The van der Waals surface area contributed by atoms with E-state index in [1.165, 1.54) is 29.2 Å². The first kappa shape index (κ1) is 17.9. The van der Waals surface area contributed by atoms with Crippen molar-refractivity contribution in [2.24, 2.45) is 0 Å². The molecular weight excluding hydrogens is 364 g/mol. The Morgan fingerprint density at radius 2 is 1.96 bits per heavy atom. The standard InChI is InChI=1S/C16H15ClN4O5/c17-11-2-1-3-13(21(25)26)14(11)15(22)19-7-4-10(5-8-19)20-9-6-12(18-20)16(23)24/h1-3,6,9-10H,4-5,7-8H2,(H,23,24). The van der Waals surface area contributed by atoms with Crippen molar-refractivity contribution >= 4 is 29.2 Å². The van der Waals surface area contributed by atoms with Crippen LogP contribution in [0.5, 0.6) is 0 Å². The summed E-state index contributed by atoms with van der Waals surface area (Å²) in [4.78, 5) is 35.7. The fourth-order valence-corrected chi connectivity index (χ4v) is 3.27. The van der Waals surface area contributed by atoms with Crippen LogP contribution in [-0.4, -0.2) is 49.7 Å². The number of nitrogens with zero attached hydrogens (tertiary/aromatic N) is 4. The number of carboxylic acid groups (broad SMARTS) is 1. The van der Waals surface area contributed by atoms with E-state index >= 15 is 0 Å². The van der Waals surface area contributed by atoms with Gasteiger partial charge in [0, 0.05) is 25.4 Å². The van der Waals surface area contributed by atoms with Crippen LogP contribution in [-0.2, 0) is 0 Å². The second-order valence-corrected chi connectivity index (χ2v) is 6.31. The number of aromatic nitrogens is 2. The second-order valence-electron chi connectivity index (χ2n) is 5.90. The lowest BCUT2D eigenvalue weighted by molar-refractivity contribution is -0.385. The van der Waals surface area contributed by atoms with E-state index in [1.807, 2.05) is 0 Å². The number of rotatable bonds is 4. The summed E-state index contributed by atoms with van der Waals surface area (Å²) in [6.07, 6.45) is 2.72. The van der Waals surface area contributed by atoms with Crippen LogP contribution in [0.1, 0.15) is 39.7 Å². The Bertz CT molecular complexity index is 873. The summed E-state index contributed by atoms with van der Waals surface area (Å²) >= 11 is 6.02. The molecule has 0 aliphatic carbocycles. The highest BCUT2D eigenvalue weighted by molar-refractivity contribution is 6.34. The molecule has 10 heteroatoms. The molecule has 3 rings (SSSR count). The molecule has 1 saturated heterocycles. The number of hydrogen-bond donors (Lipinski definition) is 1. The van der Waals surface area contributed by atoms with Gasteiger partial charge in [0.25, 0.3) is 11.6 Å². The molecule has 1 amide bonds. The minimum atomic E-state index is -1.10. The lowest BCUT2D eigenvalue weighted by Gasteiger charge is -2.32. The summed E-state index contributed by atoms with van der Waals surface area (Å²) in [5, 5.41) is 24.2. The Balaban J connectivity index is 1.73. The van der Waals surface area contributed by atoms with Crippen LogP contribution >= 0.6 is 11.6 Å². The summed E-state index contributed by atoms with van der Waals surface area (Å²) in [6.45, 7) is 0.738. The van der Waals surface area contributed by atoms with E-state index in [2.05, 4.69) is 5.10 Å². The van der Waals surface area contributed by atoms with Crippen molar-refractivity contribution < 1.29 is 19.6 Å². The van der Waals surface area contributed by atoms with Gasteiger partial charge in [-0.1, -0.05) is 17.7 Å². The molecule has 0 bridgehead atoms. The zero-order chi connectivity index (χ0) is 18.8. The van der Waals surface area contributed by atoms with Crippen molar-refractivity contribution in [3.63, 3.8) is 0 Å². The monoisotopic (exact) mass is 378 g/mol. The number of hydrogen-bond acceptors (Lipinski definition) is 5. The highest BCUT2D eigenvalue weighted by atomic mass is 35.5. The summed E-state index contributed by atoms with van der Waals surface area (Å²) in [7, 11) is 0. The molecule has 2 aromatic rings. The number of halogens is 1. The van der Waals surface area contributed by atoms with Crippen molar-refractivity contribution in [3.8, 4) is 0 Å². The number of likely N-dealkylation sites (tertiary alicyclic amines) is 1. The normalized spacial score (nSPS) is 15.0. The van der Waals surface area contributed by atoms with E-state index in [-0.39, 0.29) is 28.0 Å². The number of carbonyl (C=O) groups is 2. The molecule has 1 aliphatic rings. The van der Waals surface area contributed by atoms with Gasteiger partial charge in [0.15, 0.2) is 5.69 Å². The number of amides is 1. The Morgan fingerprint density at radius 1 is 1.27 bits per heavy atom. The summed E-state index contributed by atoms with van der Waals surface area (Å²) in [6, 6.07) is 5.52. The fraction of sp³-hybridized carbons (Fsp3) is 0.312. The van der Waals surface area contributed by atoms with Crippen molar-refractivity contribution in [1.29, 1.82) is 0 Å². The first-order valence-corrected chi connectivity index (χ1v) is 8.27. The van der Waals surface area contributed by atoms with Gasteiger partial charge in [0.2, 0.25) is 0 Å². The van der Waals surface area contributed by atoms with Gasteiger partial charge in [-0.3, -0.25) is 19.6 Å². The lowest BCUT2D eigenvalue weighted by atomic mass is 10.0. The van der Waals surface area contributed by atoms with Crippen LogP contribution in [0.2, 0.25) is 5.02 Å². The Labute approximate surface area is 152 Å². The predicted octanol–water partition coefficient (Wildman–Crippen LogP) is 2.62. The predicted molar refractivity (Wildman–Crippen MR) is 91.5 cm³/mol. The largest absolute Gasteiger partial charge is 0.476 e. The molecule has 0 saturated carbocycles. The summed E-state index contributed by atoms with van der Waals surface area (Å²) < 4.78 is 1.59. The highest BCUT2D eigenvalue weighted by Gasteiger charge is 2.31. The number of carbonyl (C=O) groups excluding carboxylic acids is 1. The number of aromatic carboxylic acids is 1. The van der Waals surface area contributed by atoms with Crippen molar-refractivity contribution in [2.45, 2.75) is 18.9 Å². The number of carboxylic acids is 1. The highest BCUT2D eigenvalue weighted by Crippen LogP contribution is 2.30. The molecule has 1 aliphatic heterocycles. The van der Waals surface area contributed by atoms with Crippen LogP contribution in [0.3, 0.4) is 0 Å². The van der Waals surface area contributed by atoms with E-state index < -0.39 is 16.8 Å². The lowest BCUT2D eigenvalue weighted by Crippen LogP contribution is -2.39. The van der Waals surface area contributed by atoms with E-state index in [0.717, 1.165) is 0 Å². The number of nitro groups is 1. The van der Waals surface area contributed by atoms with E-state index in [9.17, 15) is 19.7 Å². The van der Waals surface area contributed by atoms with Gasteiger partial charge in [-0.2, -0.15) is 5.10 Å². The number of nitro benzene ring substituents is 1. The van der Waals surface area contributed by atoms with Crippen molar-refractivity contribution in [3.05, 3.63) is 56.9 Å². The van der Waals surface area contributed by atoms with Gasteiger partial charge in [0.05, 0.1) is 16.0 Å². The van der Waals surface area contributed by atoms with Gasteiger partial charge in [0.1, 0.15) is 5.56 Å². The Kier molecular flexibility index (Phi) is 4.90. The van der Waals surface area contributed by atoms with Crippen LogP contribution in [0.4, 0.5) is 5.69 Å². The van der Waals surface area contributed by atoms with Gasteiger partial charge in [-0.25, -0.2) is 4.79 Å². The zero-order valence-corrected chi connectivity index (χ0v) is 14.3. The van der Waals surface area contributed by atoms with E-state index in [4.69, 9.17) is 16.7 Å². The molecule has 9 nitrogen and oxygen atoms in total. The quantitative estimate of drug-likeness (QED) is 0.645. The Hall–Kier alpha value is -2.94. The minimum Gasteiger partial charge on any atom is -0.476 e. The van der Waals surface area contributed by atoms with Gasteiger partial charge in [-0.15, -0.1) is 0 Å². The molecule has 0 unspecified atom stereocenters. The van der Waals surface area contributed by atoms with Gasteiger partial charge >= 0.3 is 5.97 Å². The number of benzene rings is 1. The molecular formula is C16H15ClN4O5. The van der Waals surface area contributed by atoms with Crippen molar-refractivity contribution in [1.82, 2.24) is 14.7 Å². The summed E-state index contributed by atoms with van der Waals surface area (Å²) in [5.41, 5.74) is -0.456. The summed E-state index contributed by atoms with van der Waals surface area (Å²) in [5.74, 6) is -1.57. The van der Waals surface area contributed by atoms with Crippen LogP contribution in [0, 0.1) is 10.1 Å². The smallest absolute Gasteiger partial charge is 0.356 e. The van der Waals surface area contributed by atoms with E-state index in [0.29, 0.717) is 25.9 Å². The molecule has 1 fully saturated rings. The fourth-order valence-electron chi connectivity index (χ4n) is 3.02. The molecule has 136 valence electrons. The SMILES string of the molecule is O=C(O)c1ccn(C2CCN(C(=O)c3c(Cl)cccc3[N+](=O)[O-])CC2)n1. The maximum atomic E-state index is 12.7. The molecule has 1 aromatic carbocycles. The minimum absolute atomic E-state index is 0.0322. The van der Waals surface area contributed by atoms with Crippen LogP contribution < -0.4 is 0 Å². The second kappa shape index (κ2) is 7.12. The third-order valence-corrected chi connectivity index (χ3v) is 4.67. The van der Waals surface area contributed by atoms with Gasteiger partial charge < -0.3 is 10.0 Å². The first-order valence-electron chi connectivity index (χ1n) is 7.89. The molecule has 26 heavy (non-hydrogen) atoms. The Morgan fingerprint density at radius 3 is 2.54 bits per heavy atom. The van der Waals surface area contributed by atoms with Crippen LogP contribution in [0.25, 0.3) is 0 Å². The molecule has 0 atom stereocenters. The molecule has 0 radical (unpaired) electrons. The topological polar surface area (TPSA) is 119 Å². The first-order chi connectivity index (χ1) is 12.4. The third kappa shape index (κ3) is 3.38.